The molecule has 23 heavy (non-hydrogen) atoms. The van der Waals surface area contributed by atoms with Crippen LogP contribution in [0.2, 0.25) is 0 Å². The van der Waals surface area contributed by atoms with E-state index in [4.69, 9.17) is 4.74 Å². The van der Waals surface area contributed by atoms with Gasteiger partial charge in [-0.15, -0.1) is 5.10 Å². The van der Waals surface area contributed by atoms with Gasteiger partial charge in [0.1, 0.15) is 11.6 Å². The predicted octanol–water partition coefficient (Wildman–Crippen LogP) is 2.97. The first-order valence-electron chi connectivity index (χ1n) is 7.30. The molecular formula is C17H17FN4O. The maximum Gasteiger partial charge on any atom is 0.181 e. The van der Waals surface area contributed by atoms with Crippen LogP contribution in [0.15, 0.2) is 42.7 Å². The molecule has 0 amide bonds. The van der Waals surface area contributed by atoms with E-state index in [1.165, 1.54) is 12.1 Å². The van der Waals surface area contributed by atoms with E-state index in [9.17, 15) is 4.39 Å². The second-order valence-electron chi connectivity index (χ2n) is 5.24. The van der Waals surface area contributed by atoms with Crippen molar-refractivity contribution in [2.75, 3.05) is 13.7 Å². The molecule has 1 aromatic carbocycles. The minimum atomic E-state index is -0.311. The second-order valence-corrected chi connectivity index (χ2v) is 5.24. The quantitative estimate of drug-likeness (QED) is 0.727. The molecule has 0 unspecified atom stereocenters. The van der Waals surface area contributed by atoms with Crippen LogP contribution in [0.3, 0.4) is 0 Å². The maximum atomic E-state index is 13.4. The van der Waals surface area contributed by atoms with Gasteiger partial charge in [-0.2, -0.15) is 0 Å². The first-order valence-corrected chi connectivity index (χ1v) is 7.30. The van der Waals surface area contributed by atoms with E-state index >= 15 is 0 Å². The summed E-state index contributed by atoms with van der Waals surface area (Å²) < 4.78 is 20.3. The van der Waals surface area contributed by atoms with Crippen LogP contribution >= 0.6 is 0 Å². The van der Waals surface area contributed by atoms with Crippen molar-refractivity contribution in [3.05, 3.63) is 59.9 Å². The Morgan fingerprint density at radius 2 is 2.09 bits per heavy atom. The average Bonchev–Trinajstić information content (AvgIpc) is 2.97. The zero-order chi connectivity index (χ0) is 16.2. The number of methoxy groups -OCH3 is 1. The second kappa shape index (κ2) is 6.66. The molecule has 6 heteroatoms. The highest BCUT2D eigenvalue weighted by Crippen LogP contribution is 2.19. The lowest BCUT2D eigenvalue weighted by atomic mass is 10.2. The Kier molecular flexibility index (Phi) is 4.43. The van der Waals surface area contributed by atoms with Gasteiger partial charge >= 0.3 is 0 Å². The fraction of sp³-hybridized carbons (Fsp3) is 0.235. The molecular weight excluding hydrogens is 295 g/mol. The lowest BCUT2D eigenvalue weighted by Gasteiger charge is -2.05. The Labute approximate surface area is 133 Å². The van der Waals surface area contributed by atoms with Crippen LogP contribution in [-0.4, -0.2) is 33.5 Å². The third-order valence-corrected chi connectivity index (χ3v) is 3.39. The SMILES string of the molecule is COCCc1nc(-c2cccc(F)c2)nn1-c1cncc(C)c1. The van der Waals surface area contributed by atoms with Gasteiger partial charge in [-0.1, -0.05) is 12.1 Å². The normalized spacial score (nSPS) is 10.9. The number of halogens is 1. The van der Waals surface area contributed by atoms with E-state index < -0.39 is 0 Å². The maximum absolute atomic E-state index is 13.4. The summed E-state index contributed by atoms with van der Waals surface area (Å²) in [6.07, 6.45) is 4.11. The number of ether oxygens (including phenoxy) is 1. The van der Waals surface area contributed by atoms with E-state index in [1.54, 1.807) is 36.3 Å². The van der Waals surface area contributed by atoms with Crippen LogP contribution in [0.25, 0.3) is 17.1 Å². The molecule has 3 rings (SSSR count). The number of pyridine rings is 1. The fourth-order valence-corrected chi connectivity index (χ4v) is 2.31. The Morgan fingerprint density at radius 1 is 1.22 bits per heavy atom. The molecule has 5 nitrogen and oxygen atoms in total. The van der Waals surface area contributed by atoms with Crippen LogP contribution < -0.4 is 0 Å². The van der Waals surface area contributed by atoms with Gasteiger partial charge < -0.3 is 4.74 Å². The summed E-state index contributed by atoms with van der Waals surface area (Å²) in [5.41, 5.74) is 2.50. The van der Waals surface area contributed by atoms with Gasteiger partial charge in [0, 0.05) is 25.3 Å². The summed E-state index contributed by atoms with van der Waals surface area (Å²) in [6.45, 7) is 2.50. The molecule has 0 aliphatic rings. The van der Waals surface area contributed by atoms with E-state index in [0.717, 1.165) is 17.1 Å². The van der Waals surface area contributed by atoms with Crippen molar-refractivity contribution < 1.29 is 9.13 Å². The first-order chi connectivity index (χ1) is 11.2. The Balaban J connectivity index is 2.06. The molecule has 2 aromatic heterocycles. The van der Waals surface area contributed by atoms with Crippen LogP contribution in [0.1, 0.15) is 11.4 Å². The molecule has 0 radical (unpaired) electrons. The predicted molar refractivity (Wildman–Crippen MR) is 84.9 cm³/mol. The summed E-state index contributed by atoms with van der Waals surface area (Å²) in [7, 11) is 1.64. The minimum absolute atomic E-state index is 0.311. The molecule has 0 bridgehead atoms. The van der Waals surface area contributed by atoms with Crippen molar-refractivity contribution in [3.63, 3.8) is 0 Å². The van der Waals surface area contributed by atoms with Crippen LogP contribution in [0.5, 0.6) is 0 Å². The van der Waals surface area contributed by atoms with Crippen LogP contribution in [0.4, 0.5) is 4.39 Å². The van der Waals surface area contributed by atoms with Crippen molar-refractivity contribution in [2.24, 2.45) is 0 Å². The van der Waals surface area contributed by atoms with Crippen LogP contribution in [-0.2, 0) is 11.2 Å². The Bertz CT molecular complexity index is 816. The van der Waals surface area contributed by atoms with Gasteiger partial charge in [-0.3, -0.25) is 4.98 Å². The molecule has 0 aliphatic carbocycles. The third kappa shape index (κ3) is 3.43. The van der Waals surface area contributed by atoms with E-state index in [2.05, 4.69) is 15.1 Å². The minimum Gasteiger partial charge on any atom is -0.384 e. The van der Waals surface area contributed by atoms with Crippen molar-refractivity contribution in [1.29, 1.82) is 0 Å². The summed E-state index contributed by atoms with van der Waals surface area (Å²) in [6, 6.07) is 8.24. The number of hydrogen-bond acceptors (Lipinski definition) is 4. The van der Waals surface area contributed by atoms with Gasteiger partial charge in [-0.05, 0) is 30.7 Å². The van der Waals surface area contributed by atoms with Gasteiger partial charge in [-0.25, -0.2) is 14.1 Å². The molecule has 0 spiro atoms. The van der Waals surface area contributed by atoms with Gasteiger partial charge in [0.25, 0.3) is 0 Å². The fourth-order valence-electron chi connectivity index (χ4n) is 2.31. The summed E-state index contributed by atoms with van der Waals surface area (Å²) in [4.78, 5) is 8.74. The van der Waals surface area contributed by atoms with E-state index in [1.807, 2.05) is 13.0 Å². The van der Waals surface area contributed by atoms with Crippen molar-refractivity contribution >= 4 is 0 Å². The lowest BCUT2D eigenvalue weighted by molar-refractivity contribution is 0.200. The molecule has 3 aromatic rings. The van der Waals surface area contributed by atoms with Gasteiger partial charge in [0.05, 0.1) is 18.5 Å². The molecule has 0 aliphatic heterocycles. The number of nitrogens with zero attached hydrogens (tertiary/aromatic N) is 4. The zero-order valence-electron chi connectivity index (χ0n) is 13.0. The Hall–Kier alpha value is -2.60. The standard InChI is InChI=1S/C17H17FN4O/c1-12-8-15(11-19-10-12)22-16(6-7-23-2)20-17(21-22)13-4-3-5-14(18)9-13/h3-5,8-11H,6-7H2,1-2H3. The van der Waals surface area contributed by atoms with Crippen molar-refractivity contribution in [3.8, 4) is 17.1 Å². The lowest BCUT2D eigenvalue weighted by Crippen LogP contribution is -2.06. The molecule has 0 saturated carbocycles. The third-order valence-electron chi connectivity index (χ3n) is 3.39. The van der Waals surface area contributed by atoms with E-state index in [0.29, 0.717) is 24.4 Å². The number of aromatic nitrogens is 4. The number of hydrogen-bond donors (Lipinski definition) is 0. The molecule has 0 fully saturated rings. The molecule has 118 valence electrons. The van der Waals surface area contributed by atoms with Crippen LogP contribution in [0, 0.1) is 12.7 Å². The molecule has 0 N–H and O–H groups in total. The Morgan fingerprint density at radius 3 is 2.83 bits per heavy atom. The highest BCUT2D eigenvalue weighted by Gasteiger charge is 2.14. The average molecular weight is 312 g/mol. The highest BCUT2D eigenvalue weighted by atomic mass is 19.1. The topological polar surface area (TPSA) is 52.8 Å². The largest absolute Gasteiger partial charge is 0.384 e. The first kappa shape index (κ1) is 15.3. The number of benzene rings is 1. The number of rotatable bonds is 5. The number of aryl methyl sites for hydroxylation is 1. The van der Waals surface area contributed by atoms with Gasteiger partial charge in [0.15, 0.2) is 5.82 Å². The molecule has 0 saturated heterocycles. The monoisotopic (exact) mass is 312 g/mol. The zero-order valence-corrected chi connectivity index (χ0v) is 13.0. The van der Waals surface area contributed by atoms with E-state index in [-0.39, 0.29) is 5.82 Å². The summed E-state index contributed by atoms with van der Waals surface area (Å²) >= 11 is 0. The highest BCUT2D eigenvalue weighted by molar-refractivity contribution is 5.55. The van der Waals surface area contributed by atoms with Crippen molar-refractivity contribution in [1.82, 2.24) is 19.7 Å². The summed E-state index contributed by atoms with van der Waals surface area (Å²) in [5.74, 6) is 0.921. The molecule has 0 atom stereocenters. The smallest absolute Gasteiger partial charge is 0.181 e. The summed E-state index contributed by atoms with van der Waals surface area (Å²) in [5, 5.41) is 4.53. The molecule has 2 heterocycles. The van der Waals surface area contributed by atoms with Crippen molar-refractivity contribution in [2.45, 2.75) is 13.3 Å². The van der Waals surface area contributed by atoms with Gasteiger partial charge in [0.2, 0.25) is 0 Å².